The third-order valence-corrected chi connectivity index (χ3v) is 2.88. The summed E-state index contributed by atoms with van der Waals surface area (Å²) >= 11 is 1.58. The molecule has 0 saturated carbocycles. The van der Waals surface area contributed by atoms with E-state index in [0.717, 1.165) is 4.91 Å². The van der Waals surface area contributed by atoms with Gasteiger partial charge in [0.05, 0.1) is 18.4 Å². The summed E-state index contributed by atoms with van der Waals surface area (Å²) in [6.07, 6.45) is 2.37. The Bertz CT molecular complexity index is 214. The number of amides is 1. The fourth-order valence-electron chi connectivity index (χ4n) is 1.09. The monoisotopic (exact) mass is 157 g/mol. The van der Waals surface area contributed by atoms with Crippen LogP contribution in [0.15, 0.2) is 11.1 Å². The lowest BCUT2D eigenvalue weighted by atomic mass is 10.2. The van der Waals surface area contributed by atoms with Gasteiger partial charge in [-0.25, -0.2) is 0 Å². The van der Waals surface area contributed by atoms with Crippen LogP contribution >= 0.6 is 11.8 Å². The molecule has 0 aromatic heterocycles. The average molecular weight is 157 g/mol. The van der Waals surface area contributed by atoms with E-state index in [4.69, 9.17) is 5.11 Å². The second kappa shape index (κ2) is 2.00. The number of rotatable bonds is 1. The largest absolute Gasteiger partial charge is 0.391 e. The van der Waals surface area contributed by atoms with E-state index in [-0.39, 0.29) is 12.5 Å². The molecule has 0 unspecified atom stereocenters. The Morgan fingerprint density at radius 2 is 2.70 bits per heavy atom. The molecule has 0 spiro atoms. The van der Waals surface area contributed by atoms with Crippen molar-refractivity contribution in [3.05, 3.63) is 11.1 Å². The second-order valence-corrected chi connectivity index (χ2v) is 3.64. The highest BCUT2D eigenvalue weighted by Crippen LogP contribution is 2.40. The molecule has 1 saturated heterocycles. The summed E-state index contributed by atoms with van der Waals surface area (Å²) in [4.78, 5) is 13.3. The molecule has 0 aromatic carbocycles. The third kappa shape index (κ3) is 0.690. The minimum Gasteiger partial charge on any atom is -0.391 e. The molecule has 2 heterocycles. The van der Waals surface area contributed by atoms with Crippen molar-refractivity contribution < 1.29 is 9.90 Å². The van der Waals surface area contributed by atoms with Crippen molar-refractivity contribution in [2.45, 2.75) is 11.8 Å². The van der Waals surface area contributed by atoms with E-state index < -0.39 is 0 Å². The standard InChI is InChI=1S/C6H7NO2S/c8-3-4-2-7-5(9)1-6(7)10-4/h2,6,8H,1,3H2/t6-/m0/s1. The minimum absolute atomic E-state index is 0.0605. The second-order valence-electron chi connectivity index (χ2n) is 2.33. The summed E-state index contributed by atoms with van der Waals surface area (Å²) in [6.45, 7) is 0.0605. The van der Waals surface area contributed by atoms with E-state index in [9.17, 15) is 4.79 Å². The molecule has 10 heavy (non-hydrogen) atoms. The molecule has 54 valence electrons. The van der Waals surface area contributed by atoms with Gasteiger partial charge in [0.15, 0.2) is 0 Å². The molecule has 0 radical (unpaired) electrons. The van der Waals surface area contributed by atoms with Gasteiger partial charge in [0.1, 0.15) is 0 Å². The number of carbonyl (C=O) groups is 1. The minimum atomic E-state index is 0.0605. The van der Waals surface area contributed by atoms with E-state index in [1.807, 2.05) is 0 Å². The first-order chi connectivity index (χ1) is 4.81. The van der Waals surface area contributed by atoms with Crippen molar-refractivity contribution in [3.8, 4) is 0 Å². The van der Waals surface area contributed by atoms with Crippen LogP contribution in [0.3, 0.4) is 0 Å². The molecule has 1 N–H and O–H groups in total. The topological polar surface area (TPSA) is 40.5 Å². The Labute approximate surface area is 62.7 Å². The van der Waals surface area contributed by atoms with E-state index >= 15 is 0 Å². The maximum Gasteiger partial charge on any atom is 0.230 e. The van der Waals surface area contributed by atoms with Crippen LogP contribution < -0.4 is 0 Å². The first-order valence-electron chi connectivity index (χ1n) is 3.10. The average Bonchev–Trinajstić information content (AvgIpc) is 2.26. The summed E-state index contributed by atoms with van der Waals surface area (Å²) in [5, 5.41) is 8.99. The molecule has 1 amide bonds. The molecule has 1 fully saturated rings. The zero-order valence-electron chi connectivity index (χ0n) is 5.28. The predicted molar refractivity (Wildman–Crippen MR) is 38.0 cm³/mol. The molecule has 0 aromatic rings. The maximum atomic E-state index is 10.8. The Morgan fingerprint density at radius 1 is 1.90 bits per heavy atom. The van der Waals surface area contributed by atoms with Crippen LogP contribution in [-0.2, 0) is 4.79 Å². The normalized spacial score (nSPS) is 29.7. The van der Waals surface area contributed by atoms with Gasteiger partial charge in [0.25, 0.3) is 0 Å². The van der Waals surface area contributed by atoms with Crippen LogP contribution in [0.2, 0.25) is 0 Å². The smallest absolute Gasteiger partial charge is 0.230 e. The number of aliphatic hydroxyl groups is 1. The highest BCUT2D eigenvalue weighted by molar-refractivity contribution is 8.04. The van der Waals surface area contributed by atoms with Crippen LogP contribution in [0.5, 0.6) is 0 Å². The van der Waals surface area contributed by atoms with Gasteiger partial charge in [-0.15, -0.1) is 11.8 Å². The van der Waals surface area contributed by atoms with E-state index in [1.165, 1.54) is 0 Å². The first kappa shape index (κ1) is 6.24. The van der Waals surface area contributed by atoms with Crippen LogP contribution in [0.1, 0.15) is 6.42 Å². The molecule has 0 bridgehead atoms. The number of aliphatic hydroxyl groups excluding tert-OH is 1. The summed E-state index contributed by atoms with van der Waals surface area (Å²) < 4.78 is 0. The van der Waals surface area contributed by atoms with Crippen LogP contribution in [0.4, 0.5) is 0 Å². The van der Waals surface area contributed by atoms with Gasteiger partial charge in [-0.1, -0.05) is 0 Å². The van der Waals surface area contributed by atoms with Crippen molar-refractivity contribution in [1.29, 1.82) is 0 Å². The molecule has 2 aliphatic heterocycles. The van der Waals surface area contributed by atoms with Gasteiger partial charge >= 0.3 is 0 Å². The summed E-state index contributed by atoms with van der Waals surface area (Å²) in [5.41, 5.74) is 0. The molecule has 1 atom stereocenters. The van der Waals surface area contributed by atoms with Crippen molar-refractivity contribution in [2.24, 2.45) is 0 Å². The van der Waals surface area contributed by atoms with Crippen molar-refractivity contribution in [1.82, 2.24) is 4.90 Å². The number of nitrogens with zero attached hydrogens (tertiary/aromatic N) is 1. The molecule has 0 aliphatic carbocycles. The lowest BCUT2D eigenvalue weighted by molar-refractivity contribution is -0.137. The van der Waals surface area contributed by atoms with Gasteiger partial charge in [0.2, 0.25) is 5.91 Å². The Balaban J connectivity index is 2.12. The van der Waals surface area contributed by atoms with E-state index in [0.29, 0.717) is 11.8 Å². The summed E-state index contributed by atoms with van der Waals surface area (Å²) in [6, 6.07) is 0. The molecular weight excluding hydrogens is 150 g/mol. The molecule has 2 aliphatic rings. The van der Waals surface area contributed by atoms with E-state index in [1.54, 1.807) is 22.9 Å². The van der Waals surface area contributed by atoms with Gasteiger partial charge in [-0.05, 0) is 0 Å². The maximum absolute atomic E-state index is 10.8. The lowest BCUT2D eigenvalue weighted by Gasteiger charge is -2.31. The SMILES string of the molecule is O=C1C[C@@H]2SC(CO)=CN12. The molecule has 4 heteroatoms. The highest BCUT2D eigenvalue weighted by Gasteiger charge is 2.39. The van der Waals surface area contributed by atoms with Crippen molar-refractivity contribution in [2.75, 3.05) is 6.61 Å². The van der Waals surface area contributed by atoms with Gasteiger partial charge in [-0.2, -0.15) is 0 Å². The zero-order valence-corrected chi connectivity index (χ0v) is 6.10. The number of fused-ring (bicyclic) bond motifs is 1. The predicted octanol–water partition coefficient (Wildman–Crippen LogP) is 0.125. The van der Waals surface area contributed by atoms with Gasteiger partial charge in [-0.3, -0.25) is 4.79 Å². The summed E-state index contributed by atoms with van der Waals surface area (Å²) in [7, 11) is 0. The number of hydrogen-bond acceptors (Lipinski definition) is 3. The summed E-state index contributed by atoms with van der Waals surface area (Å²) in [5.74, 6) is 0.168. The quantitative estimate of drug-likeness (QED) is 0.550. The molecule has 2 rings (SSSR count). The fraction of sp³-hybridized carbons (Fsp3) is 0.500. The van der Waals surface area contributed by atoms with Crippen LogP contribution in [0, 0.1) is 0 Å². The van der Waals surface area contributed by atoms with Crippen LogP contribution in [0.25, 0.3) is 0 Å². The molecule has 3 nitrogen and oxygen atoms in total. The van der Waals surface area contributed by atoms with Crippen molar-refractivity contribution in [3.63, 3.8) is 0 Å². The Hall–Kier alpha value is -0.480. The van der Waals surface area contributed by atoms with E-state index in [2.05, 4.69) is 0 Å². The Morgan fingerprint density at radius 3 is 3.20 bits per heavy atom. The number of carbonyl (C=O) groups excluding carboxylic acids is 1. The lowest BCUT2D eigenvalue weighted by Crippen LogP contribution is -2.44. The third-order valence-electron chi connectivity index (χ3n) is 1.67. The molecular formula is C6H7NO2S. The van der Waals surface area contributed by atoms with Crippen molar-refractivity contribution >= 4 is 17.7 Å². The fourth-order valence-corrected chi connectivity index (χ4v) is 2.21. The number of hydrogen-bond donors (Lipinski definition) is 1. The van der Waals surface area contributed by atoms with Gasteiger partial charge in [0, 0.05) is 11.1 Å². The highest BCUT2D eigenvalue weighted by atomic mass is 32.2. The van der Waals surface area contributed by atoms with Gasteiger partial charge < -0.3 is 10.0 Å². The van der Waals surface area contributed by atoms with Crippen LogP contribution in [-0.4, -0.2) is 27.9 Å². The Kier molecular flexibility index (Phi) is 1.25. The zero-order chi connectivity index (χ0) is 7.14. The number of thioether (sulfide) groups is 1. The first-order valence-corrected chi connectivity index (χ1v) is 3.98. The number of β-lactam (4-membered cyclic amide) rings is 1.